The number of ether oxygens (including phenoxy) is 2. The van der Waals surface area contributed by atoms with Crippen LogP contribution in [-0.2, 0) is 16.0 Å². The number of aryl methyl sites for hydroxylation is 1. The van der Waals surface area contributed by atoms with Crippen molar-refractivity contribution in [2.75, 3.05) is 20.3 Å². The van der Waals surface area contributed by atoms with Gasteiger partial charge in [-0.3, -0.25) is 9.69 Å². The number of carbonyl (C=O) groups excluding carboxylic acids is 3. The monoisotopic (exact) mass is 542 g/mol. The first-order valence-electron chi connectivity index (χ1n) is 11.5. The number of carbonyl (C=O) groups is 3. The van der Waals surface area contributed by atoms with Crippen LogP contribution in [0.4, 0.5) is 9.18 Å². The molecule has 1 atom stereocenters. The number of hydrogen-bond donors (Lipinski definition) is 1. The van der Waals surface area contributed by atoms with E-state index in [-0.39, 0.29) is 29.3 Å². The fourth-order valence-electron chi connectivity index (χ4n) is 4.66. The lowest BCUT2D eigenvalue weighted by atomic mass is 9.86. The number of methoxy groups -OCH3 is 1. The Kier molecular flexibility index (Phi) is 6.35. The maximum atomic E-state index is 14.8. The summed E-state index contributed by atoms with van der Waals surface area (Å²) >= 11 is 3.52. The van der Waals surface area contributed by atoms with E-state index in [9.17, 15) is 18.8 Å². The highest BCUT2D eigenvalue weighted by molar-refractivity contribution is 9.10. The first-order chi connectivity index (χ1) is 16.9. The van der Waals surface area contributed by atoms with Crippen LogP contribution in [0.5, 0.6) is 5.75 Å². The smallest absolute Gasteiger partial charge is 0.355 e. The molecule has 2 aliphatic heterocycles. The molecule has 0 saturated heterocycles. The Labute approximate surface area is 210 Å². The molecule has 9 heteroatoms. The van der Waals surface area contributed by atoms with Crippen LogP contribution in [-0.4, -0.2) is 42.9 Å². The van der Waals surface area contributed by atoms with Crippen molar-refractivity contribution < 1.29 is 28.2 Å². The topological polar surface area (TPSA) is 84.9 Å². The molecule has 0 spiro atoms. The molecule has 2 heterocycles. The molecule has 5 rings (SSSR count). The Bertz CT molecular complexity index is 1260. The van der Waals surface area contributed by atoms with Crippen LogP contribution in [0.25, 0.3) is 0 Å². The van der Waals surface area contributed by atoms with E-state index in [0.717, 1.165) is 35.7 Å². The summed E-state index contributed by atoms with van der Waals surface area (Å²) < 4.78 is 26.5. The van der Waals surface area contributed by atoms with Gasteiger partial charge >= 0.3 is 12.0 Å². The second-order valence-corrected chi connectivity index (χ2v) is 9.85. The van der Waals surface area contributed by atoms with Crippen molar-refractivity contribution in [3.05, 3.63) is 74.6 Å². The van der Waals surface area contributed by atoms with Crippen LogP contribution in [0.15, 0.2) is 52.1 Å². The van der Waals surface area contributed by atoms with Gasteiger partial charge in [-0.15, -0.1) is 0 Å². The van der Waals surface area contributed by atoms with E-state index in [1.807, 2.05) is 6.07 Å². The molecule has 1 aliphatic carbocycles. The van der Waals surface area contributed by atoms with Crippen LogP contribution in [0.3, 0.4) is 0 Å². The van der Waals surface area contributed by atoms with E-state index in [1.165, 1.54) is 30.2 Å². The number of halogens is 2. The second-order valence-electron chi connectivity index (χ2n) is 8.93. The number of benzene rings is 2. The van der Waals surface area contributed by atoms with Gasteiger partial charge in [0.2, 0.25) is 0 Å². The zero-order valence-electron chi connectivity index (χ0n) is 19.1. The van der Waals surface area contributed by atoms with Gasteiger partial charge in [0.25, 0.3) is 0 Å². The van der Waals surface area contributed by atoms with E-state index in [1.54, 1.807) is 12.1 Å². The molecular weight excluding hydrogens is 519 g/mol. The van der Waals surface area contributed by atoms with Gasteiger partial charge in [0, 0.05) is 16.6 Å². The summed E-state index contributed by atoms with van der Waals surface area (Å²) in [6.07, 6.45) is 3.44. The molecule has 0 aromatic heterocycles. The molecule has 0 radical (unpaired) electrons. The number of fused-ring (bicyclic) bond motifs is 1. The maximum Gasteiger partial charge on any atom is 0.355 e. The summed E-state index contributed by atoms with van der Waals surface area (Å²) in [4.78, 5) is 41.6. The van der Waals surface area contributed by atoms with Gasteiger partial charge in [0.1, 0.15) is 17.3 Å². The Hall–Kier alpha value is -3.20. The molecule has 0 bridgehead atoms. The molecule has 182 valence electrons. The lowest BCUT2D eigenvalue weighted by Gasteiger charge is -2.37. The van der Waals surface area contributed by atoms with Crippen LogP contribution in [0, 0.1) is 11.7 Å². The number of rotatable bonds is 6. The highest BCUT2D eigenvalue weighted by Crippen LogP contribution is 2.43. The minimum atomic E-state index is -1.04. The van der Waals surface area contributed by atoms with Gasteiger partial charge < -0.3 is 14.8 Å². The van der Waals surface area contributed by atoms with Crippen LogP contribution in [0.1, 0.15) is 46.8 Å². The SMILES string of the molecule is COC(=O)C1=C(C(=O)c2ccccc2F)C(c2cc(Br)cc3c2OCCC3)NC(=O)N1CC1CC1. The summed E-state index contributed by atoms with van der Waals surface area (Å²) in [7, 11) is 1.20. The largest absolute Gasteiger partial charge is 0.493 e. The molecular formula is C26H24BrFN2O5. The minimum Gasteiger partial charge on any atom is -0.493 e. The maximum absolute atomic E-state index is 14.8. The number of urea groups is 1. The highest BCUT2D eigenvalue weighted by atomic mass is 79.9. The summed E-state index contributed by atoms with van der Waals surface area (Å²) in [6, 6.07) is 7.73. The van der Waals surface area contributed by atoms with Gasteiger partial charge in [0.05, 0.1) is 30.9 Å². The predicted molar refractivity (Wildman–Crippen MR) is 128 cm³/mol. The van der Waals surface area contributed by atoms with Crippen molar-refractivity contribution in [1.29, 1.82) is 0 Å². The number of nitrogens with one attached hydrogen (secondary N) is 1. The molecule has 2 aromatic rings. The normalized spacial score (nSPS) is 19.6. The molecule has 2 amide bonds. The number of hydrogen-bond acceptors (Lipinski definition) is 5. The third-order valence-corrected chi connectivity index (χ3v) is 6.97. The first kappa shape index (κ1) is 23.5. The number of nitrogens with zero attached hydrogens (tertiary/aromatic N) is 1. The van der Waals surface area contributed by atoms with Gasteiger partial charge in [0.15, 0.2) is 5.78 Å². The van der Waals surface area contributed by atoms with Gasteiger partial charge in [-0.05, 0) is 61.4 Å². The third kappa shape index (κ3) is 4.45. The van der Waals surface area contributed by atoms with E-state index in [4.69, 9.17) is 9.47 Å². The number of ketones is 1. The molecule has 2 aromatic carbocycles. The molecule has 3 aliphatic rings. The first-order valence-corrected chi connectivity index (χ1v) is 12.3. The summed E-state index contributed by atoms with van der Waals surface area (Å²) in [6.45, 7) is 0.754. The highest BCUT2D eigenvalue weighted by Gasteiger charge is 2.44. The van der Waals surface area contributed by atoms with Gasteiger partial charge in [-0.25, -0.2) is 14.0 Å². The summed E-state index contributed by atoms with van der Waals surface area (Å²) in [5.74, 6) is -1.45. The molecule has 1 fully saturated rings. The summed E-state index contributed by atoms with van der Waals surface area (Å²) in [5, 5.41) is 2.90. The lowest BCUT2D eigenvalue weighted by Crippen LogP contribution is -2.51. The standard InChI is InChI=1S/C26H24BrFN2O5/c1-34-25(32)22-20(23(31)17-6-2-3-7-19(17)28)21(29-26(33)30(22)13-14-8-9-14)18-12-16(27)11-15-5-4-10-35-24(15)18/h2-3,6-7,11-12,14,21H,4-5,8-10,13H2,1H3,(H,29,33). The summed E-state index contributed by atoms with van der Waals surface area (Å²) in [5.41, 5.74) is 1.05. The Morgan fingerprint density at radius 3 is 2.74 bits per heavy atom. The Morgan fingerprint density at radius 2 is 2.03 bits per heavy atom. The third-order valence-electron chi connectivity index (χ3n) is 6.51. The van der Waals surface area contributed by atoms with Crippen molar-refractivity contribution in [3.8, 4) is 5.75 Å². The fraction of sp³-hybridized carbons (Fsp3) is 0.346. The zero-order valence-corrected chi connectivity index (χ0v) is 20.7. The van der Waals surface area contributed by atoms with Crippen LogP contribution in [0.2, 0.25) is 0 Å². The van der Waals surface area contributed by atoms with Gasteiger partial charge in [-0.2, -0.15) is 0 Å². The number of esters is 1. The quantitative estimate of drug-likeness (QED) is 0.422. The van der Waals surface area contributed by atoms with Crippen molar-refractivity contribution in [1.82, 2.24) is 10.2 Å². The minimum absolute atomic E-state index is 0.0447. The number of Topliss-reactive ketones (excluding diaryl/α,β-unsaturated/α-hetero) is 1. The number of amides is 2. The van der Waals surface area contributed by atoms with Crippen LogP contribution >= 0.6 is 15.9 Å². The van der Waals surface area contributed by atoms with Crippen molar-refractivity contribution in [2.24, 2.45) is 5.92 Å². The molecule has 35 heavy (non-hydrogen) atoms. The zero-order chi connectivity index (χ0) is 24.7. The second kappa shape index (κ2) is 9.45. The van der Waals surface area contributed by atoms with E-state index >= 15 is 0 Å². The molecule has 1 saturated carbocycles. The van der Waals surface area contributed by atoms with Gasteiger partial charge in [-0.1, -0.05) is 28.1 Å². The van der Waals surface area contributed by atoms with Crippen LogP contribution < -0.4 is 10.1 Å². The van der Waals surface area contributed by atoms with E-state index < -0.39 is 29.6 Å². The molecule has 1 unspecified atom stereocenters. The fourth-order valence-corrected chi connectivity index (χ4v) is 5.18. The predicted octanol–water partition coefficient (Wildman–Crippen LogP) is 4.70. The van der Waals surface area contributed by atoms with Crippen molar-refractivity contribution >= 4 is 33.7 Å². The van der Waals surface area contributed by atoms with Crippen molar-refractivity contribution in [2.45, 2.75) is 31.7 Å². The van der Waals surface area contributed by atoms with Crippen molar-refractivity contribution in [3.63, 3.8) is 0 Å². The molecule has 7 nitrogen and oxygen atoms in total. The van der Waals surface area contributed by atoms with E-state index in [2.05, 4.69) is 21.2 Å². The molecule has 1 N–H and O–H groups in total. The average molecular weight is 543 g/mol. The average Bonchev–Trinajstić information content (AvgIpc) is 3.68. The lowest BCUT2D eigenvalue weighted by molar-refractivity contribution is -0.137. The Morgan fingerprint density at radius 1 is 1.26 bits per heavy atom. The van der Waals surface area contributed by atoms with E-state index in [0.29, 0.717) is 17.9 Å². The Balaban J connectivity index is 1.75.